The van der Waals surface area contributed by atoms with E-state index in [0.29, 0.717) is 18.7 Å². The number of methoxy groups -OCH3 is 1. The van der Waals surface area contributed by atoms with Crippen molar-refractivity contribution in [2.75, 3.05) is 25.5 Å². The number of carbonyl (C=O) groups is 2. The average Bonchev–Trinajstić information content (AvgIpc) is 2.69. The largest absolute Gasteiger partial charge is 0.465 e. The molecular formula is C20H23ClN2O5S. The fourth-order valence-electron chi connectivity index (χ4n) is 2.77. The van der Waals surface area contributed by atoms with Crippen molar-refractivity contribution in [3.8, 4) is 0 Å². The lowest BCUT2D eigenvalue weighted by molar-refractivity contribution is 0.0600. The summed E-state index contributed by atoms with van der Waals surface area (Å²) in [4.78, 5) is 24.6. The maximum Gasteiger partial charge on any atom is 0.337 e. The Morgan fingerprint density at radius 3 is 2.34 bits per heavy atom. The maximum atomic E-state index is 12.8. The van der Waals surface area contributed by atoms with E-state index in [2.05, 4.69) is 10.1 Å². The van der Waals surface area contributed by atoms with Crippen molar-refractivity contribution in [3.05, 3.63) is 58.1 Å². The number of aryl methyl sites for hydroxylation is 1. The number of anilines is 1. The van der Waals surface area contributed by atoms with Crippen molar-refractivity contribution < 1.29 is 22.7 Å². The van der Waals surface area contributed by atoms with Crippen molar-refractivity contribution in [3.63, 3.8) is 0 Å². The number of rotatable bonds is 7. The Morgan fingerprint density at radius 1 is 1.10 bits per heavy atom. The molecule has 2 aromatic carbocycles. The van der Waals surface area contributed by atoms with E-state index in [0.717, 1.165) is 0 Å². The van der Waals surface area contributed by atoms with Crippen LogP contribution < -0.4 is 5.32 Å². The molecule has 0 saturated heterocycles. The molecule has 7 nitrogen and oxygen atoms in total. The van der Waals surface area contributed by atoms with Crippen LogP contribution in [-0.2, 0) is 14.8 Å². The monoisotopic (exact) mass is 438 g/mol. The molecule has 1 N–H and O–H groups in total. The Hall–Kier alpha value is -2.42. The molecule has 0 aliphatic carbocycles. The lowest BCUT2D eigenvalue weighted by Crippen LogP contribution is -2.30. The molecule has 0 aromatic heterocycles. The van der Waals surface area contributed by atoms with Crippen molar-refractivity contribution in [2.45, 2.75) is 25.7 Å². The summed E-state index contributed by atoms with van der Waals surface area (Å²) < 4.78 is 31.5. The number of carbonyl (C=O) groups excluding carboxylic acids is 2. The van der Waals surface area contributed by atoms with Crippen LogP contribution in [0.1, 0.15) is 40.1 Å². The van der Waals surface area contributed by atoms with Crippen LogP contribution in [0.5, 0.6) is 0 Å². The standard InChI is InChI=1S/C20H23ClN2O5S/c1-5-23(6-2)29(26,27)15-9-7-13(3)16(12-15)19(24)22-18-11-14(20(25)28-4)8-10-17(18)21/h7-12H,5-6H2,1-4H3,(H,22,24). The molecule has 156 valence electrons. The van der Waals surface area contributed by atoms with Crippen LogP contribution in [0.15, 0.2) is 41.3 Å². The molecule has 9 heteroatoms. The number of nitrogens with one attached hydrogen (secondary N) is 1. The average molecular weight is 439 g/mol. The van der Waals surface area contributed by atoms with Crippen molar-refractivity contribution in [2.24, 2.45) is 0 Å². The second-order valence-electron chi connectivity index (χ2n) is 6.21. The summed E-state index contributed by atoms with van der Waals surface area (Å²) in [6, 6.07) is 8.75. The zero-order valence-electron chi connectivity index (χ0n) is 16.7. The van der Waals surface area contributed by atoms with E-state index in [9.17, 15) is 18.0 Å². The second kappa shape index (κ2) is 9.39. The van der Waals surface area contributed by atoms with Gasteiger partial charge in [-0.15, -0.1) is 0 Å². The third-order valence-electron chi connectivity index (χ3n) is 4.43. The maximum absolute atomic E-state index is 12.8. The highest BCUT2D eigenvalue weighted by molar-refractivity contribution is 7.89. The van der Waals surface area contributed by atoms with Gasteiger partial charge in [-0.1, -0.05) is 31.5 Å². The first-order chi connectivity index (χ1) is 13.6. The number of hydrogen-bond donors (Lipinski definition) is 1. The third-order valence-corrected chi connectivity index (χ3v) is 6.81. The van der Waals surface area contributed by atoms with Gasteiger partial charge in [-0.3, -0.25) is 4.79 Å². The van der Waals surface area contributed by atoms with E-state index in [1.807, 2.05) is 0 Å². The van der Waals surface area contributed by atoms with Crippen molar-refractivity contribution >= 4 is 39.2 Å². The second-order valence-corrected chi connectivity index (χ2v) is 8.55. The molecule has 2 aromatic rings. The Bertz CT molecular complexity index is 1030. The van der Waals surface area contributed by atoms with Gasteiger partial charge in [-0.25, -0.2) is 13.2 Å². The first-order valence-electron chi connectivity index (χ1n) is 8.95. The lowest BCUT2D eigenvalue weighted by atomic mass is 10.1. The number of amides is 1. The van der Waals surface area contributed by atoms with E-state index in [-0.39, 0.29) is 26.7 Å². The Morgan fingerprint density at radius 2 is 1.76 bits per heavy atom. The summed E-state index contributed by atoms with van der Waals surface area (Å²) in [7, 11) is -2.46. The molecule has 0 aliphatic heterocycles. The summed E-state index contributed by atoms with van der Waals surface area (Å²) in [6.45, 7) is 5.85. The highest BCUT2D eigenvalue weighted by atomic mass is 35.5. The first kappa shape index (κ1) is 22.9. The van der Waals surface area contributed by atoms with Crippen LogP contribution >= 0.6 is 11.6 Å². The molecule has 0 radical (unpaired) electrons. The molecule has 0 saturated carbocycles. The minimum atomic E-state index is -3.71. The van der Waals surface area contributed by atoms with Gasteiger partial charge in [0.05, 0.1) is 28.3 Å². The highest BCUT2D eigenvalue weighted by Crippen LogP contribution is 2.26. The topological polar surface area (TPSA) is 92.8 Å². The third kappa shape index (κ3) is 4.95. The van der Waals surface area contributed by atoms with Crippen LogP contribution in [0.2, 0.25) is 5.02 Å². The fourth-order valence-corrected chi connectivity index (χ4v) is 4.42. The predicted molar refractivity (Wildman–Crippen MR) is 112 cm³/mol. The number of ether oxygens (including phenoxy) is 1. The quantitative estimate of drug-likeness (QED) is 0.665. The van der Waals surface area contributed by atoms with E-state index in [1.165, 1.54) is 41.7 Å². The molecule has 0 bridgehead atoms. The summed E-state index contributed by atoms with van der Waals surface area (Å²) in [5.41, 5.74) is 1.23. The fraction of sp³-hybridized carbons (Fsp3) is 0.300. The summed E-state index contributed by atoms with van der Waals surface area (Å²) in [5, 5.41) is 2.87. The summed E-state index contributed by atoms with van der Waals surface area (Å²) in [6.07, 6.45) is 0. The molecule has 0 spiro atoms. The Balaban J connectivity index is 2.41. The highest BCUT2D eigenvalue weighted by Gasteiger charge is 2.23. The number of hydrogen-bond acceptors (Lipinski definition) is 5. The first-order valence-corrected chi connectivity index (χ1v) is 10.8. The lowest BCUT2D eigenvalue weighted by Gasteiger charge is -2.19. The van der Waals surface area contributed by atoms with E-state index in [1.54, 1.807) is 26.8 Å². The van der Waals surface area contributed by atoms with E-state index >= 15 is 0 Å². The van der Waals surface area contributed by atoms with Gasteiger partial charge in [-0.2, -0.15) is 4.31 Å². The van der Waals surface area contributed by atoms with Crippen LogP contribution in [-0.4, -0.2) is 44.8 Å². The molecule has 2 rings (SSSR count). The molecule has 1 amide bonds. The molecule has 0 fully saturated rings. The zero-order chi connectivity index (χ0) is 21.8. The van der Waals surface area contributed by atoms with Crippen molar-refractivity contribution in [1.29, 1.82) is 0 Å². The molecular weight excluding hydrogens is 416 g/mol. The minimum Gasteiger partial charge on any atom is -0.465 e. The molecule has 0 atom stereocenters. The van der Waals surface area contributed by atoms with Gasteiger partial charge < -0.3 is 10.1 Å². The van der Waals surface area contributed by atoms with Gasteiger partial charge in [-0.05, 0) is 42.8 Å². The van der Waals surface area contributed by atoms with Crippen LogP contribution in [0, 0.1) is 6.92 Å². The number of sulfonamides is 1. The minimum absolute atomic E-state index is 0.0337. The summed E-state index contributed by atoms with van der Waals surface area (Å²) in [5.74, 6) is -1.11. The molecule has 29 heavy (non-hydrogen) atoms. The zero-order valence-corrected chi connectivity index (χ0v) is 18.2. The van der Waals surface area contributed by atoms with Gasteiger partial charge in [0.2, 0.25) is 10.0 Å². The van der Waals surface area contributed by atoms with Gasteiger partial charge in [0, 0.05) is 18.7 Å². The van der Waals surface area contributed by atoms with Crippen LogP contribution in [0.3, 0.4) is 0 Å². The Kier molecular flexibility index (Phi) is 7.40. The molecule has 0 unspecified atom stereocenters. The van der Waals surface area contributed by atoms with Gasteiger partial charge in [0.15, 0.2) is 0 Å². The number of esters is 1. The van der Waals surface area contributed by atoms with Gasteiger partial charge in [0.1, 0.15) is 0 Å². The SMILES string of the molecule is CCN(CC)S(=O)(=O)c1ccc(C)c(C(=O)Nc2cc(C(=O)OC)ccc2Cl)c1. The molecule has 0 heterocycles. The summed E-state index contributed by atoms with van der Waals surface area (Å²) >= 11 is 6.13. The van der Waals surface area contributed by atoms with Crippen LogP contribution in [0.4, 0.5) is 5.69 Å². The van der Waals surface area contributed by atoms with E-state index in [4.69, 9.17) is 11.6 Å². The van der Waals surface area contributed by atoms with Crippen LogP contribution in [0.25, 0.3) is 0 Å². The Labute approximate surface area is 175 Å². The number of halogens is 1. The van der Waals surface area contributed by atoms with E-state index < -0.39 is 21.9 Å². The predicted octanol–water partition coefficient (Wildman–Crippen LogP) is 3.72. The van der Waals surface area contributed by atoms with Gasteiger partial charge >= 0.3 is 5.97 Å². The van der Waals surface area contributed by atoms with Gasteiger partial charge in [0.25, 0.3) is 5.91 Å². The molecule has 0 aliphatic rings. The van der Waals surface area contributed by atoms with Crippen molar-refractivity contribution in [1.82, 2.24) is 4.31 Å². The number of nitrogens with zero attached hydrogens (tertiary/aromatic N) is 1. The smallest absolute Gasteiger partial charge is 0.337 e. The normalized spacial score (nSPS) is 11.4. The number of benzene rings is 2.